The zero-order valence-corrected chi connectivity index (χ0v) is 16.0. The molecule has 0 aliphatic rings. The van der Waals surface area contributed by atoms with Crippen LogP contribution in [0, 0.1) is 13.8 Å². The lowest BCUT2D eigenvalue weighted by Crippen LogP contribution is -2.10. The summed E-state index contributed by atoms with van der Waals surface area (Å²) >= 11 is 12.0. The van der Waals surface area contributed by atoms with Gasteiger partial charge in [-0.1, -0.05) is 40.5 Å². The van der Waals surface area contributed by atoms with Gasteiger partial charge in [0.15, 0.2) is 0 Å². The molecular weight excluding hydrogens is 359 g/mol. The number of halogens is 2. The monoisotopic (exact) mass is 378 g/mol. The standard InChI is InChI=1S/C19H20Cl2N2O2/c1-12-4-5-14(13(2)22-12)10-16(24)7-9-19(23-25-3)15-6-8-17(20)18(21)11-15/h4-6,8,11H,7,9-10H2,1-3H3/b23-19+. The highest BCUT2D eigenvalue weighted by Gasteiger charge is 2.12. The first-order valence-electron chi connectivity index (χ1n) is 7.91. The first-order valence-corrected chi connectivity index (χ1v) is 8.66. The fraction of sp³-hybridized carbons (Fsp3) is 0.316. The van der Waals surface area contributed by atoms with E-state index in [1.165, 1.54) is 7.11 Å². The van der Waals surface area contributed by atoms with E-state index in [0.29, 0.717) is 35.0 Å². The normalized spacial score (nSPS) is 11.5. The number of oxime groups is 1. The molecule has 25 heavy (non-hydrogen) atoms. The molecule has 2 aromatic rings. The third-order valence-electron chi connectivity index (χ3n) is 3.82. The number of ketones is 1. The summed E-state index contributed by atoms with van der Waals surface area (Å²) in [4.78, 5) is 21.6. The molecule has 6 heteroatoms. The number of hydrogen-bond donors (Lipinski definition) is 0. The summed E-state index contributed by atoms with van der Waals surface area (Å²) in [5, 5.41) is 4.94. The van der Waals surface area contributed by atoms with Crippen LogP contribution in [0.5, 0.6) is 0 Å². The number of Topliss-reactive ketones (excluding diaryl/α,β-unsaturated/α-hetero) is 1. The summed E-state index contributed by atoms with van der Waals surface area (Å²) in [5.41, 5.74) is 4.24. The fourth-order valence-corrected chi connectivity index (χ4v) is 2.79. The third kappa shape index (κ3) is 5.55. The van der Waals surface area contributed by atoms with Crippen LogP contribution in [0.15, 0.2) is 35.5 Å². The van der Waals surface area contributed by atoms with Crippen LogP contribution in [0.4, 0.5) is 0 Å². The Morgan fingerprint density at radius 1 is 1.12 bits per heavy atom. The zero-order valence-electron chi connectivity index (χ0n) is 14.5. The molecule has 0 radical (unpaired) electrons. The van der Waals surface area contributed by atoms with E-state index < -0.39 is 0 Å². The molecule has 0 saturated carbocycles. The predicted molar refractivity (Wildman–Crippen MR) is 102 cm³/mol. The van der Waals surface area contributed by atoms with Gasteiger partial charge in [0, 0.05) is 36.2 Å². The number of aryl methyl sites for hydroxylation is 2. The first kappa shape index (κ1) is 19.4. The quantitative estimate of drug-likeness (QED) is 0.505. The van der Waals surface area contributed by atoms with Crippen LogP contribution in [0.2, 0.25) is 10.0 Å². The highest BCUT2D eigenvalue weighted by atomic mass is 35.5. The second-order valence-corrected chi connectivity index (χ2v) is 6.58. The van der Waals surface area contributed by atoms with Crippen molar-refractivity contribution in [1.82, 2.24) is 4.98 Å². The summed E-state index contributed by atoms with van der Waals surface area (Å²) in [6.07, 6.45) is 1.18. The molecule has 0 amide bonds. The van der Waals surface area contributed by atoms with E-state index in [9.17, 15) is 4.79 Å². The van der Waals surface area contributed by atoms with Gasteiger partial charge in [0.2, 0.25) is 0 Å². The number of nitrogens with zero attached hydrogens (tertiary/aromatic N) is 2. The van der Waals surface area contributed by atoms with Crippen molar-refractivity contribution in [3.05, 3.63) is 62.9 Å². The maximum absolute atomic E-state index is 12.3. The smallest absolute Gasteiger partial charge is 0.137 e. The minimum Gasteiger partial charge on any atom is -0.399 e. The van der Waals surface area contributed by atoms with Gasteiger partial charge in [0.25, 0.3) is 0 Å². The van der Waals surface area contributed by atoms with Gasteiger partial charge in [0.05, 0.1) is 15.8 Å². The SMILES string of the molecule is CO/N=C(\CCC(=O)Cc1ccc(C)nc1C)c1ccc(Cl)c(Cl)c1. The Labute approximate surface area is 157 Å². The number of rotatable bonds is 7. The number of aromatic nitrogens is 1. The highest BCUT2D eigenvalue weighted by Crippen LogP contribution is 2.24. The van der Waals surface area contributed by atoms with Gasteiger partial charge in [-0.25, -0.2) is 0 Å². The summed E-state index contributed by atoms with van der Waals surface area (Å²) in [5.74, 6) is 0.123. The van der Waals surface area contributed by atoms with Gasteiger partial charge in [-0.2, -0.15) is 0 Å². The maximum Gasteiger partial charge on any atom is 0.137 e. The lowest BCUT2D eigenvalue weighted by Gasteiger charge is -2.08. The lowest BCUT2D eigenvalue weighted by molar-refractivity contribution is -0.118. The van der Waals surface area contributed by atoms with Gasteiger partial charge in [-0.05, 0) is 37.6 Å². The van der Waals surface area contributed by atoms with Crippen LogP contribution in [-0.2, 0) is 16.1 Å². The average molecular weight is 379 g/mol. The van der Waals surface area contributed by atoms with Crippen LogP contribution >= 0.6 is 23.2 Å². The molecule has 0 aliphatic carbocycles. The van der Waals surface area contributed by atoms with Crippen molar-refractivity contribution in [2.24, 2.45) is 5.16 Å². The maximum atomic E-state index is 12.3. The number of pyridine rings is 1. The van der Waals surface area contributed by atoms with E-state index in [0.717, 1.165) is 22.5 Å². The minimum absolute atomic E-state index is 0.123. The molecule has 0 saturated heterocycles. The second kappa shape index (κ2) is 8.97. The molecule has 0 fully saturated rings. The van der Waals surface area contributed by atoms with E-state index in [-0.39, 0.29) is 5.78 Å². The second-order valence-electron chi connectivity index (χ2n) is 5.76. The molecule has 0 aliphatic heterocycles. The molecule has 0 unspecified atom stereocenters. The van der Waals surface area contributed by atoms with Crippen LogP contribution in [0.3, 0.4) is 0 Å². The molecule has 1 aromatic carbocycles. The van der Waals surface area contributed by atoms with Crippen molar-refractivity contribution in [2.75, 3.05) is 7.11 Å². The number of hydrogen-bond acceptors (Lipinski definition) is 4. The molecule has 0 atom stereocenters. The molecule has 0 bridgehead atoms. The largest absolute Gasteiger partial charge is 0.399 e. The van der Waals surface area contributed by atoms with E-state index in [4.69, 9.17) is 28.0 Å². The molecule has 132 valence electrons. The van der Waals surface area contributed by atoms with Gasteiger partial charge in [-0.3, -0.25) is 9.78 Å². The topological polar surface area (TPSA) is 51.5 Å². The molecule has 4 nitrogen and oxygen atoms in total. The minimum atomic E-state index is 0.123. The van der Waals surface area contributed by atoms with Crippen LogP contribution in [0.1, 0.15) is 35.4 Å². The van der Waals surface area contributed by atoms with Gasteiger partial charge in [0.1, 0.15) is 12.9 Å². The van der Waals surface area contributed by atoms with Crippen molar-refractivity contribution < 1.29 is 9.63 Å². The molecule has 1 heterocycles. The number of carbonyl (C=O) groups is 1. The van der Waals surface area contributed by atoms with Gasteiger partial charge < -0.3 is 4.84 Å². The van der Waals surface area contributed by atoms with E-state index in [1.54, 1.807) is 12.1 Å². The third-order valence-corrected chi connectivity index (χ3v) is 4.56. The molecule has 0 N–H and O–H groups in total. The molecule has 0 spiro atoms. The van der Waals surface area contributed by atoms with E-state index >= 15 is 0 Å². The Bertz CT molecular complexity index is 804. The predicted octanol–water partition coefficient (Wildman–Crippen LogP) is 4.95. The van der Waals surface area contributed by atoms with Crippen molar-refractivity contribution in [2.45, 2.75) is 33.1 Å². The Hall–Kier alpha value is -1.91. The highest BCUT2D eigenvalue weighted by molar-refractivity contribution is 6.42. The molecule has 1 aromatic heterocycles. The Kier molecular flexibility index (Phi) is 6.97. The van der Waals surface area contributed by atoms with Crippen molar-refractivity contribution in [3.8, 4) is 0 Å². The van der Waals surface area contributed by atoms with Crippen molar-refractivity contribution >= 4 is 34.7 Å². The van der Waals surface area contributed by atoms with E-state index in [2.05, 4.69) is 10.1 Å². The van der Waals surface area contributed by atoms with E-state index in [1.807, 2.05) is 32.0 Å². The first-order chi connectivity index (χ1) is 11.9. The summed E-state index contributed by atoms with van der Waals surface area (Å²) in [6.45, 7) is 3.85. The van der Waals surface area contributed by atoms with Crippen molar-refractivity contribution in [3.63, 3.8) is 0 Å². The summed E-state index contributed by atoms with van der Waals surface area (Å²) in [6, 6.07) is 9.11. The lowest BCUT2D eigenvalue weighted by atomic mass is 10.0. The zero-order chi connectivity index (χ0) is 18.4. The van der Waals surface area contributed by atoms with Gasteiger partial charge >= 0.3 is 0 Å². The van der Waals surface area contributed by atoms with Crippen LogP contribution in [-0.4, -0.2) is 23.6 Å². The fourth-order valence-electron chi connectivity index (χ4n) is 2.49. The Morgan fingerprint density at radius 2 is 1.88 bits per heavy atom. The molecule has 2 rings (SSSR count). The Balaban J connectivity index is 2.04. The molecular formula is C19H20Cl2N2O2. The number of benzene rings is 1. The summed E-state index contributed by atoms with van der Waals surface area (Å²) in [7, 11) is 1.47. The van der Waals surface area contributed by atoms with Crippen LogP contribution < -0.4 is 0 Å². The van der Waals surface area contributed by atoms with Crippen LogP contribution in [0.25, 0.3) is 0 Å². The van der Waals surface area contributed by atoms with Gasteiger partial charge in [-0.15, -0.1) is 0 Å². The summed E-state index contributed by atoms with van der Waals surface area (Å²) < 4.78 is 0. The Morgan fingerprint density at radius 3 is 2.52 bits per heavy atom. The average Bonchev–Trinajstić information content (AvgIpc) is 2.56. The van der Waals surface area contributed by atoms with Crippen molar-refractivity contribution in [1.29, 1.82) is 0 Å². The number of carbonyl (C=O) groups excluding carboxylic acids is 1.